The lowest BCUT2D eigenvalue weighted by atomic mass is 10.4. The van der Waals surface area contributed by atoms with Crippen LogP contribution in [-0.4, -0.2) is 50.5 Å². The molecule has 0 aliphatic heterocycles. The summed E-state index contributed by atoms with van der Waals surface area (Å²) in [5.41, 5.74) is 0. The van der Waals surface area contributed by atoms with E-state index in [2.05, 4.69) is 19.0 Å². The van der Waals surface area contributed by atoms with Gasteiger partial charge in [0.1, 0.15) is 0 Å². The Bertz CT molecular complexity index is 101. The molecule has 0 aromatic heterocycles. The summed E-state index contributed by atoms with van der Waals surface area (Å²) < 4.78 is 0. The second-order valence-electron chi connectivity index (χ2n) is 2.92. The first-order valence-electron chi connectivity index (χ1n) is 3.75. The summed E-state index contributed by atoms with van der Waals surface area (Å²) in [5.74, 6) is 1.31. The summed E-state index contributed by atoms with van der Waals surface area (Å²) in [6.45, 7) is 0.893. The lowest BCUT2D eigenvalue weighted by Gasteiger charge is -2.27. The molecule has 0 bridgehead atoms. The van der Waals surface area contributed by atoms with Gasteiger partial charge in [-0.25, -0.2) is 0 Å². The number of nitrogens with one attached hydrogen (secondary N) is 1. The minimum Gasteiger partial charge on any atom is -1.00 e. The molecule has 0 amide bonds. The van der Waals surface area contributed by atoms with Crippen molar-refractivity contribution in [3.63, 3.8) is 0 Å². The smallest absolute Gasteiger partial charge is 0.157 e. The van der Waals surface area contributed by atoms with Gasteiger partial charge in [-0.15, -0.1) is 23.2 Å². The summed E-state index contributed by atoms with van der Waals surface area (Å²) in [7, 11) is 6.23. The van der Waals surface area contributed by atoms with Gasteiger partial charge in [0.05, 0.1) is 20.0 Å². The third-order valence-corrected chi connectivity index (χ3v) is 2.24. The van der Waals surface area contributed by atoms with Gasteiger partial charge in [-0.05, 0) is 7.05 Å². The van der Waals surface area contributed by atoms with Crippen LogP contribution in [0, 0.1) is 0 Å². The second-order valence-corrected chi connectivity index (χ2v) is 3.60. The van der Waals surface area contributed by atoms with Crippen LogP contribution in [0.5, 0.6) is 0 Å². The van der Waals surface area contributed by atoms with Crippen LogP contribution in [0.25, 0.3) is 0 Å². The quantitative estimate of drug-likeness (QED) is 0.391. The van der Waals surface area contributed by atoms with Crippen LogP contribution in [0.15, 0.2) is 0 Å². The molecule has 1 atom stereocenters. The van der Waals surface area contributed by atoms with E-state index in [1.807, 2.05) is 7.05 Å². The summed E-state index contributed by atoms with van der Waals surface area (Å²) in [6.07, 6.45) is 0.371. The number of alkyl halides is 2. The van der Waals surface area contributed by atoms with Gasteiger partial charge in [0.15, 0.2) is 6.17 Å². The van der Waals surface area contributed by atoms with Gasteiger partial charge in [-0.1, -0.05) is 0 Å². The Kier molecular flexibility index (Phi) is 10.7. The van der Waals surface area contributed by atoms with Crippen LogP contribution >= 0.6 is 23.2 Å². The van der Waals surface area contributed by atoms with E-state index in [1.54, 1.807) is 0 Å². The van der Waals surface area contributed by atoms with Crippen LogP contribution < -0.4 is 17.3 Å². The van der Waals surface area contributed by atoms with Crippen LogP contribution in [0.1, 0.15) is 0 Å². The third-order valence-electron chi connectivity index (χ3n) is 1.78. The van der Waals surface area contributed by atoms with Crippen molar-refractivity contribution in [2.24, 2.45) is 0 Å². The van der Waals surface area contributed by atoms with Gasteiger partial charge in [0, 0.05) is 12.4 Å². The zero-order chi connectivity index (χ0) is 8.85. The van der Waals surface area contributed by atoms with Gasteiger partial charge in [-0.3, -0.25) is 4.90 Å². The van der Waals surface area contributed by atoms with E-state index < -0.39 is 0 Å². The highest BCUT2D eigenvalue weighted by atomic mass is 35.5. The Hall–Kier alpha value is 0.790. The van der Waals surface area contributed by atoms with Gasteiger partial charge in [0.25, 0.3) is 0 Å². The maximum atomic E-state index is 5.79. The molecule has 0 fully saturated rings. The lowest BCUT2D eigenvalue weighted by Crippen LogP contribution is -3.12. The molecular formula is C7H17Cl3N2. The molecule has 0 aliphatic rings. The van der Waals surface area contributed by atoms with E-state index in [0.29, 0.717) is 17.9 Å². The molecule has 76 valence electrons. The van der Waals surface area contributed by atoms with E-state index in [-0.39, 0.29) is 12.4 Å². The Morgan fingerprint density at radius 1 is 1.33 bits per heavy atom. The van der Waals surface area contributed by atoms with E-state index in [0.717, 1.165) is 6.54 Å². The molecule has 0 aromatic carbocycles. The minimum absolute atomic E-state index is 0. The molecule has 0 saturated heterocycles. The van der Waals surface area contributed by atoms with Crippen molar-refractivity contribution in [1.29, 1.82) is 0 Å². The molecule has 0 spiro atoms. The zero-order valence-corrected chi connectivity index (χ0v) is 10.0. The number of quaternary nitrogens is 1. The molecular weight excluding hydrogens is 218 g/mol. The molecule has 1 N–H and O–H groups in total. The number of nitrogens with zero attached hydrogens (tertiary/aromatic N) is 1. The van der Waals surface area contributed by atoms with E-state index in [1.165, 1.54) is 4.90 Å². The molecule has 0 radical (unpaired) electrons. The maximum absolute atomic E-state index is 5.79. The summed E-state index contributed by atoms with van der Waals surface area (Å²) in [4.78, 5) is 3.52. The normalized spacial score (nSPS) is 13.2. The maximum Gasteiger partial charge on any atom is 0.157 e. The van der Waals surface area contributed by atoms with Crippen molar-refractivity contribution < 1.29 is 17.3 Å². The minimum atomic E-state index is 0. The zero-order valence-electron chi connectivity index (χ0n) is 7.78. The van der Waals surface area contributed by atoms with Gasteiger partial charge >= 0.3 is 0 Å². The monoisotopic (exact) mass is 234 g/mol. The number of hydrogen-bond acceptors (Lipinski definition) is 1. The molecule has 0 aliphatic carbocycles. The lowest BCUT2D eigenvalue weighted by molar-refractivity contribution is -0.895. The molecule has 0 saturated carbocycles. The Labute approximate surface area is 91.2 Å². The van der Waals surface area contributed by atoms with Gasteiger partial charge in [-0.2, -0.15) is 0 Å². The topological polar surface area (TPSA) is 7.68 Å². The first kappa shape index (κ1) is 15.3. The van der Waals surface area contributed by atoms with Gasteiger partial charge in [0.2, 0.25) is 0 Å². The number of rotatable bonds is 5. The number of halogens is 3. The summed E-state index contributed by atoms with van der Waals surface area (Å²) in [5, 5.41) is 0. The van der Waals surface area contributed by atoms with Crippen LogP contribution in [-0.2, 0) is 0 Å². The first-order chi connectivity index (χ1) is 5.13. The fraction of sp³-hybridized carbons (Fsp3) is 1.00. The molecule has 12 heavy (non-hydrogen) atoms. The molecule has 5 heteroatoms. The van der Waals surface area contributed by atoms with Crippen LogP contribution in [0.4, 0.5) is 0 Å². The van der Waals surface area contributed by atoms with Crippen molar-refractivity contribution in [3.8, 4) is 0 Å². The molecule has 2 nitrogen and oxygen atoms in total. The predicted molar refractivity (Wildman–Crippen MR) is 50.7 cm³/mol. The third kappa shape index (κ3) is 5.44. The molecule has 0 rings (SSSR count). The molecule has 0 aromatic rings. The highest BCUT2D eigenvalue weighted by Gasteiger charge is 2.17. The highest BCUT2D eigenvalue weighted by molar-refractivity contribution is 6.18. The van der Waals surface area contributed by atoms with Crippen molar-refractivity contribution in [3.05, 3.63) is 0 Å². The second kappa shape index (κ2) is 8.39. The van der Waals surface area contributed by atoms with Crippen molar-refractivity contribution in [1.82, 2.24) is 4.90 Å². The van der Waals surface area contributed by atoms with Crippen molar-refractivity contribution >= 4 is 23.2 Å². The Balaban J connectivity index is 0. The first-order valence-corrected chi connectivity index (χ1v) is 4.82. The van der Waals surface area contributed by atoms with Crippen molar-refractivity contribution in [2.75, 3.05) is 39.4 Å². The average Bonchev–Trinajstić information content (AvgIpc) is 1.88. The van der Waals surface area contributed by atoms with E-state index in [9.17, 15) is 0 Å². The number of hydrogen-bond donors (Lipinski definition) is 1. The highest BCUT2D eigenvalue weighted by Crippen LogP contribution is 1.91. The van der Waals surface area contributed by atoms with E-state index in [4.69, 9.17) is 23.2 Å². The van der Waals surface area contributed by atoms with Crippen LogP contribution in [0.2, 0.25) is 0 Å². The summed E-state index contributed by atoms with van der Waals surface area (Å²) in [6, 6.07) is 0. The van der Waals surface area contributed by atoms with E-state index >= 15 is 0 Å². The Morgan fingerprint density at radius 2 is 1.83 bits per heavy atom. The summed E-state index contributed by atoms with van der Waals surface area (Å²) >= 11 is 11.4. The van der Waals surface area contributed by atoms with Gasteiger partial charge < -0.3 is 17.3 Å². The van der Waals surface area contributed by atoms with Crippen molar-refractivity contribution in [2.45, 2.75) is 6.17 Å². The Morgan fingerprint density at radius 3 is 2.08 bits per heavy atom. The fourth-order valence-electron chi connectivity index (χ4n) is 1.00. The molecule has 1 unspecified atom stereocenters. The standard InChI is InChI=1S/C7H16Cl2N2.ClH/c1-10(2)7(6-9)11(3)5-4-8;/h7H,4-6H2,1-3H3;1H. The van der Waals surface area contributed by atoms with Crippen LogP contribution in [0.3, 0.4) is 0 Å². The average molecular weight is 236 g/mol. The largest absolute Gasteiger partial charge is 1.00 e. The molecule has 0 heterocycles. The predicted octanol–water partition coefficient (Wildman–Crippen LogP) is -3.13. The fourth-order valence-corrected chi connectivity index (χ4v) is 1.81. The SMILES string of the molecule is CN(CCCl)C(CCl)[NH+](C)C.[Cl-].